The number of benzene rings is 1. The van der Waals surface area contributed by atoms with E-state index in [1.54, 1.807) is 30.5 Å². The highest BCUT2D eigenvalue weighted by Gasteiger charge is 2.14. The van der Waals surface area contributed by atoms with Gasteiger partial charge in [-0.25, -0.2) is 0 Å². The van der Waals surface area contributed by atoms with E-state index in [4.69, 9.17) is 9.47 Å². The number of carbonyl (C=O) groups excluding carboxylic acids is 1. The van der Waals surface area contributed by atoms with Crippen LogP contribution in [0.15, 0.2) is 36.7 Å². The summed E-state index contributed by atoms with van der Waals surface area (Å²) in [6, 6.07) is 7.09. The van der Waals surface area contributed by atoms with Gasteiger partial charge in [0, 0.05) is 31.2 Å². The van der Waals surface area contributed by atoms with Gasteiger partial charge >= 0.3 is 0 Å². The summed E-state index contributed by atoms with van der Waals surface area (Å²) < 4.78 is 12.3. The lowest BCUT2D eigenvalue weighted by Crippen LogP contribution is -2.10. The van der Waals surface area contributed by atoms with E-state index in [0.717, 1.165) is 0 Å². The summed E-state index contributed by atoms with van der Waals surface area (Å²) in [7, 11) is 1.87. The zero-order valence-corrected chi connectivity index (χ0v) is 9.84. The maximum absolute atomic E-state index is 11.9. The van der Waals surface area contributed by atoms with E-state index in [1.165, 1.54) is 0 Å². The largest absolute Gasteiger partial charge is 0.454 e. The van der Waals surface area contributed by atoms with Crippen LogP contribution in [-0.2, 0) is 7.05 Å². The first kappa shape index (κ1) is 10.7. The molecule has 1 aliphatic heterocycles. The molecule has 0 atom stereocenters. The van der Waals surface area contributed by atoms with Crippen molar-refractivity contribution in [3.8, 4) is 11.5 Å². The summed E-state index contributed by atoms with van der Waals surface area (Å²) in [5, 5.41) is 2.81. The lowest BCUT2D eigenvalue weighted by Gasteiger charge is -2.04. The van der Waals surface area contributed by atoms with E-state index in [9.17, 15) is 4.79 Å². The van der Waals surface area contributed by atoms with Gasteiger partial charge in [0.25, 0.3) is 5.91 Å². The second kappa shape index (κ2) is 4.10. The molecule has 1 N–H and O–H groups in total. The van der Waals surface area contributed by atoms with E-state index in [1.807, 2.05) is 17.8 Å². The molecule has 5 heteroatoms. The van der Waals surface area contributed by atoms with Crippen molar-refractivity contribution in [2.75, 3.05) is 12.1 Å². The number of anilines is 1. The van der Waals surface area contributed by atoms with Gasteiger partial charge in [-0.3, -0.25) is 4.79 Å². The van der Waals surface area contributed by atoms with Gasteiger partial charge in [0.05, 0.1) is 5.56 Å². The Hall–Kier alpha value is -2.43. The first-order valence-corrected chi connectivity index (χ1v) is 5.55. The van der Waals surface area contributed by atoms with Crippen LogP contribution < -0.4 is 14.8 Å². The number of amides is 1. The van der Waals surface area contributed by atoms with Gasteiger partial charge in [-0.15, -0.1) is 0 Å². The highest BCUT2D eigenvalue weighted by Crippen LogP contribution is 2.34. The first-order chi connectivity index (χ1) is 8.72. The van der Waals surface area contributed by atoms with Crippen LogP contribution in [0.4, 0.5) is 5.69 Å². The topological polar surface area (TPSA) is 52.5 Å². The minimum absolute atomic E-state index is 0.144. The molecule has 1 aliphatic rings. The molecule has 0 fully saturated rings. The molecule has 92 valence electrons. The van der Waals surface area contributed by atoms with Gasteiger partial charge in [-0.1, -0.05) is 0 Å². The Morgan fingerprint density at radius 3 is 2.89 bits per heavy atom. The quantitative estimate of drug-likeness (QED) is 0.879. The number of hydrogen-bond acceptors (Lipinski definition) is 3. The van der Waals surface area contributed by atoms with Crippen molar-refractivity contribution < 1.29 is 14.3 Å². The van der Waals surface area contributed by atoms with Crippen molar-refractivity contribution in [2.45, 2.75) is 0 Å². The molecule has 0 saturated heterocycles. The third-order valence-corrected chi connectivity index (χ3v) is 2.72. The van der Waals surface area contributed by atoms with Gasteiger partial charge in [0.1, 0.15) is 0 Å². The van der Waals surface area contributed by atoms with Crippen molar-refractivity contribution in [2.24, 2.45) is 7.05 Å². The average Bonchev–Trinajstić information content (AvgIpc) is 2.96. The lowest BCUT2D eigenvalue weighted by molar-refractivity contribution is 0.102. The summed E-state index contributed by atoms with van der Waals surface area (Å²) in [5.74, 6) is 1.21. The lowest BCUT2D eigenvalue weighted by atomic mass is 10.2. The Labute approximate surface area is 104 Å². The number of nitrogens with one attached hydrogen (secondary N) is 1. The molecular formula is C13H12N2O3. The molecule has 2 heterocycles. The Bertz CT molecular complexity index is 604. The van der Waals surface area contributed by atoms with Gasteiger partial charge < -0.3 is 19.4 Å². The number of rotatable bonds is 2. The number of carbonyl (C=O) groups is 1. The maximum Gasteiger partial charge on any atom is 0.257 e. The minimum Gasteiger partial charge on any atom is -0.454 e. The summed E-state index contributed by atoms with van der Waals surface area (Å²) in [5.41, 5.74) is 1.31. The molecule has 0 bridgehead atoms. The second-order valence-electron chi connectivity index (χ2n) is 4.09. The molecule has 1 aromatic heterocycles. The third kappa shape index (κ3) is 1.90. The van der Waals surface area contributed by atoms with Gasteiger partial charge in [-0.2, -0.15) is 0 Å². The van der Waals surface area contributed by atoms with Crippen molar-refractivity contribution in [1.29, 1.82) is 0 Å². The van der Waals surface area contributed by atoms with Crippen LogP contribution in [0, 0.1) is 0 Å². The zero-order valence-electron chi connectivity index (χ0n) is 9.84. The number of aromatic nitrogens is 1. The predicted molar refractivity (Wildman–Crippen MR) is 65.9 cm³/mol. The van der Waals surface area contributed by atoms with E-state index in [2.05, 4.69) is 5.32 Å². The number of nitrogens with zero attached hydrogens (tertiary/aromatic N) is 1. The number of aryl methyl sites for hydroxylation is 1. The molecule has 0 radical (unpaired) electrons. The van der Waals surface area contributed by atoms with Crippen molar-refractivity contribution >= 4 is 11.6 Å². The van der Waals surface area contributed by atoms with Crippen LogP contribution in [-0.4, -0.2) is 17.3 Å². The van der Waals surface area contributed by atoms with Gasteiger partial charge in [0.2, 0.25) is 6.79 Å². The molecule has 18 heavy (non-hydrogen) atoms. The Morgan fingerprint density at radius 1 is 1.28 bits per heavy atom. The third-order valence-electron chi connectivity index (χ3n) is 2.72. The van der Waals surface area contributed by atoms with E-state index in [-0.39, 0.29) is 12.7 Å². The number of hydrogen-bond donors (Lipinski definition) is 1. The average molecular weight is 244 g/mol. The standard InChI is InChI=1S/C13H12N2O3/c1-15-5-4-9(7-15)13(16)14-10-2-3-11-12(6-10)18-8-17-11/h2-7H,8H2,1H3,(H,14,16). The summed E-state index contributed by atoms with van der Waals surface area (Å²) in [6.07, 6.45) is 3.59. The molecule has 3 rings (SSSR count). The fourth-order valence-electron chi connectivity index (χ4n) is 1.82. The predicted octanol–water partition coefficient (Wildman–Crippen LogP) is 2.01. The number of fused-ring (bicyclic) bond motifs is 1. The van der Waals surface area contributed by atoms with Crippen molar-refractivity contribution in [3.63, 3.8) is 0 Å². The maximum atomic E-state index is 11.9. The van der Waals surface area contributed by atoms with Crippen LogP contribution >= 0.6 is 0 Å². The smallest absolute Gasteiger partial charge is 0.257 e. The molecule has 5 nitrogen and oxygen atoms in total. The number of ether oxygens (including phenoxy) is 2. The second-order valence-corrected chi connectivity index (χ2v) is 4.09. The van der Waals surface area contributed by atoms with Crippen LogP contribution in [0.2, 0.25) is 0 Å². The monoisotopic (exact) mass is 244 g/mol. The zero-order chi connectivity index (χ0) is 12.5. The molecule has 2 aromatic rings. The Kier molecular flexibility index (Phi) is 2.44. The van der Waals surface area contributed by atoms with Crippen LogP contribution in [0.3, 0.4) is 0 Å². The molecule has 0 spiro atoms. The molecule has 1 aromatic carbocycles. The molecule has 0 unspecified atom stereocenters. The SMILES string of the molecule is Cn1ccc(C(=O)Nc2ccc3c(c2)OCO3)c1. The fraction of sp³-hybridized carbons (Fsp3) is 0.154. The molecule has 1 amide bonds. The van der Waals surface area contributed by atoms with Gasteiger partial charge in [0.15, 0.2) is 11.5 Å². The summed E-state index contributed by atoms with van der Waals surface area (Å²) in [6.45, 7) is 0.228. The van der Waals surface area contributed by atoms with Crippen LogP contribution in [0.25, 0.3) is 0 Å². The van der Waals surface area contributed by atoms with Crippen LogP contribution in [0.1, 0.15) is 10.4 Å². The van der Waals surface area contributed by atoms with E-state index >= 15 is 0 Å². The molecule has 0 saturated carbocycles. The first-order valence-electron chi connectivity index (χ1n) is 5.55. The van der Waals surface area contributed by atoms with Crippen molar-refractivity contribution in [1.82, 2.24) is 4.57 Å². The molecule has 0 aliphatic carbocycles. The highest BCUT2D eigenvalue weighted by atomic mass is 16.7. The van der Waals surface area contributed by atoms with Gasteiger partial charge in [-0.05, 0) is 18.2 Å². The fourth-order valence-corrected chi connectivity index (χ4v) is 1.82. The summed E-state index contributed by atoms with van der Waals surface area (Å²) in [4.78, 5) is 11.9. The van der Waals surface area contributed by atoms with Crippen LogP contribution in [0.5, 0.6) is 11.5 Å². The van der Waals surface area contributed by atoms with Crippen molar-refractivity contribution in [3.05, 3.63) is 42.2 Å². The van der Waals surface area contributed by atoms with E-state index < -0.39 is 0 Å². The summed E-state index contributed by atoms with van der Waals surface area (Å²) >= 11 is 0. The minimum atomic E-state index is -0.144. The van der Waals surface area contributed by atoms with E-state index in [0.29, 0.717) is 22.7 Å². The normalized spacial score (nSPS) is 12.5. The molecular weight excluding hydrogens is 232 g/mol. The Morgan fingerprint density at radius 2 is 2.11 bits per heavy atom. The highest BCUT2D eigenvalue weighted by molar-refractivity contribution is 6.04. The Balaban J connectivity index is 1.78.